The van der Waals surface area contributed by atoms with Gasteiger partial charge in [0.1, 0.15) is 23.2 Å². The van der Waals surface area contributed by atoms with Crippen molar-refractivity contribution >= 4 is 17.7 Å². The van der Waals surface area contributed by atoms with Gasteiger partial charge in [-0.05, 0) is 32.9 Å². The Morgan fingerprint density at radius 1 is 1.36 bits per heavy atom. The first kappa shape index (κ1) is 16.1. The Labute approximate surface area is 127 Å². The van der Waals surface area contributed by atoms with Crippen molar-refractivity contribution in [2.75, 3.05) is 12.0 Å². The van der Waals surface area contributed by atoms with E-state index in [4.69, 9.17) is 9.47 Å². The minimum atomic E-state index is -1.23. The summed E-state index contributed by atoms with van der Waals surface area (Å²) in [4.78, 5) is 24.8. The molecule has 1 N–H and O–H groups in total. The van der Waals surface area contributed by atoms with Gasteiger partial charge >= 0.3 is 12.1 Å². The minimum absolute atomic E-state index is 0.115. The average molecular weight is 311 g/mol. The van der Waals surface area contributed by atoms with Gasteiger partial charge in [0.2, 0.25) is 0 Å². The predicted octanol–water partition coefficient (Wildman–Crippen LogP) is 2.59. The van der Waals surface area contributed by atoms with Crippen LogP contribution in [0.3, 0.4) is 0 Å². The van der Waals surface area contributed by atoms with E-state index in [0.29, 0.717) is 0 Å². The normalized spacial score (nSPS) is 17.1. The van der Waals surface area contributed by atoms with Crippen LogP contribution in [0.1, 0.15) is 26.3 Å². The van der Waals surface area contributed by atoms with Crippen molar-refractivity contribution in [3.8, 4) is 5.75 Å². The number of carboxylic acids is 1. The zero-order chi connectivity index (χ0) is 16.7. The summed E-state index contributed by atoms with van der Waals surface area (Å²) in [6.45, 7) is 5.00. The summed E-state index contributed by atoms with van der Waals surface area (Å²) < 4.78 is 24.4. The number of methoxy groups -OCH3 is 1. The number of rotatable bonds is 2. The molecule has 0 fully saturated rings. The first-order valence-electron chi connectivity index (χ1n) is 6.76. The summed E-state index contributed by atoms with van der Waals surface area (Å²) >= 11 is 0. The van der Waals surface area contributed by atoms with E-state index in [1.165, 1.54) is 19.2 Å². The number of carboxylic acid groups (broad SMARTS) is 1. The van der Waals surface area contributed by atoms with Gasteiger partial charge < -0.3 is 14.6 Å². The molecule has 1 aliphatic heterocycles. The second-order valence-electron chi connectivity index (χ2n) is 5.99. The summed E-state index contributed by atoms with van der Waals surface area (Å²) in [5.74, 6) is -1.58. The van der Waals surface area contributed by atoms with E-state index in [1.54, 1.807) is 20.8 Å². The van der Waals surface area contributed by atoms with Crippen LogP contribution < -0.4 is 9.64 Å². The highest BCUT2D eigenvalue weighted by atomic mass is 19.1. The Bertz CT molecular complexity index is 623. The topological polar surface area (TPSA) is 76.1 Å². The van der Waals surface area contributed by atoms with Crippen molar-refractivity contribution in [3.63, 3.8) is 0 Å². The molecule has 7 heteroatoms. The Hall–Kier alpha value is -2.31. The van der Waals surface area contributed by atoms with Gasteiger partial charge in [-0.1, -0.05) is 0 Å². The van der Waals surface area contributed by atoms with Crippen molar-refractivity contribution in [3.05, 3.63) is 23.5 Å². The zero-order valence-electron chi connectivity index (χ0n) is 12.8. The molecular weight excluding hydrogens is 293 g/mol. The van der Waals surface area contributed by atoms with Crippen LogP contribution in [0, 0.1) is 5.82 Å². The van der Waals surface area contributed by atoms with Crippen molar-refractivity contribution in [2.24, 2.45) is 0 Å². The summed E-state index contributed by atoms with van der Waals surface area (Å²) in [5.41, 5.74) is -0.551. The first-order chi connectivity index (χ1) is 10.2. The van der Waals surface area contributed by atoms with Gasteiger partial charge in [-0.3, -0.25) is 4.90 Å². The summed E-state index contributed by atoms with van der Waals surface area (Å²) in [7, 11) is 1.37. The molecule has 1 aromatic carbocycles. The molecule has 0 saturated heterocycles. The van der Waals surface area contributed by atoms with Gasteiger partial charge in [0.15, 0.2) is 0 Å². The van der Waals surface area contributed by atoms with Gasteiger partial charge in [0.25, 0.3) is 0 Å². The maximum atomic E-state index is 14.0. The Kier molecular flexibility index (Phi) is 4.00. The van der Waals surface area contributed by atoms with Crippen LogP contribution in [0.25, 0.3) is 0 Å². The van der Waals surface area contributed by atoms with Gasteiger partial charge in [-0.2, -0.15) is 0 Å². The Morgan fingerprint density at radius 2 is 2.00 bits per heavy atom. The molecule has 2 rings (SSSR count). The standard InChI is InChI=1S/C15H18FNO5/c1-15(2,3)22-14(20)17-10(13(18)19)7-8-9(16)5-6-11(21-4)12(8)17/h5-6,10H,7H2,1-4H3,(H,18,19). The van der Waals surface area contributed by atoms with Gasteiger partial charge in [-0.25, -0.2) is 14.0 Å². The van der Waals surface area contributed by atoms with E-state index in [0.717, 1.165) is 4.90 Å². The second kappa shape index (κ2) is 5.47. The lowest BCUT2D eigenvalue weighted by atomic mass is 10.1. The summed E-state index contributed by atoms with van der Waals surface area (Å²) in [5, 5.41) is 9.34. The third-order valence-corrected chi connectivity index (χ3v) is 3.23. The molecule has 0 radical (unpaired) electrons. The molecule has 1 atom stereocenters. The number of nitrogens with zero attached hydrogens (tertiary/aromatic N) is 1. The van der Waals surface area contributed by atoms with Crippen molar-refractivity contribution in [1.82, 2.24) is 0 Å². The van der Waals surface area contributed by atoms with Gasteiger partial charge in [-0.15, -0.1) is 0 Å². The average Bonchev–Trinajstić information content (AvgIpc) is 2.78. The molecule has 1 heterocycles. The van der Waals surface area contributed by atoms with Gasteiger partial charge in [0.05, 0.1) is 12.8 Å². The monoisotopic (exact) mass is 311 g/mol. The number of benzene rings is 1. The largest absolute Gasteiger partial charge is 0.495 e. The Morgan fingerprint density at radius 3 is 2.50 bits per heavy atom. The number of hydrogen-bond donors (Lipinski definition) is 1. The fraction of sp³-hybridized carbons (Fsp3) is 0.467. The van der Waals surface area contributed by atoms with Crippen molar-refractivity contribution in [1.29, 1.82) is 0 Å². The highest BCUT2D eigenvalue weighted by Crippen LogP contribution is 2.42. The molecule has 1 amide bonds. The lowest BCUT2D eigenvalue weighted by Gasteiger charge is -2.28. The number of fused-ring (bicyclic) bond motifs is 1. The van der Waals surface area contributed by atoms with Crippen molar-refractivity contribution in [2.45, 2.75) is 38.8 Å². The van der Waals surface area contributed by atoms with Crippen molar-refractivity contribution < 1.29 is 28.6 Å². The molecule has 22 heavy (non-hydrogen) atoms. The van der Waals surface area contributed by atoms with Crippen LogP contribution in [0.15, 0.2) is 12.1 Å². The number of carbonyl (C=O) groups is 2. The van der Waals surface area contributed by atoms with E-state index in [2.05, 4.69) is 0 Å². The smallest absolute Gasteiger partial charge is 0.415 e. The maximum Gasteiger partial charge on any atom is 0.415 e. The molecule has 0 saturated carbocycles. The number of anilines is 1. The quantitative estimate of drug-likeness (QED) is 0.908. The molecular formula is C15H18FNO5. The fourth-order valence-corrected chi connectivity index (χ4v) is 2.38. The highest BCUT2D eigenvalue weighted by Gasteiger charge is 2.43. The molecule has 120 valence electrons. The highest BCUT2D eigenvalue weighted by molar-refractivity contribution is 6.00. The summed E-state index contributed by atoms with van der Waals surface area (Å²) in [6.07, 6.45) is -0.977. The number of halogens is 1. The van der Waals surface area contributed by atoms with E-state index in [1.807, 2.05) is 0 Å². The van der Waals surface area contributed by atoms with Crippen LogP contribution in [-0.2, 0) is 16.0 Å². The van der Waals surface area contributed by atoms with Crippen LogP contribution in [0.5, 0.6) is 5.75 Å². The third-order valence-electron chi connectivity index (χ3n) is 3.23. The number of amides is 1. The fourth-order valence-electron chi connectivity index (χ4n) is 2.38. The van der Waals surface area contributed by atoms with E-state index >= 15 is 0 Å². The minimum Gasteiger partial charge on any atom is -0.495 e. The molecule has 0 aromatic heterocycles. The molecule has 1 aromatic rings. The lowest BCUT2D eigenvalue weighted by molar-refractivity contribution is -0.138. The van der Waals surface area contributed by atoms with Gasteiger partial charge in [0, 0.05) is 12.0 Å². The van der Waals surface area contributed by atoms with E-state index in [9.17, 15) is 19.1 Å². The number of hydrogen-bond acceptors (Lipinski definition) is 4. The number of carbonyl (C=O) groups excluding carboxylic acids is 1. The number of aliphatic carboxylic acids is 1. The molecule has 1 aliphatic rings. The summed E-state index contributed by atoms with van der Waals surface area (Å²) in [6, 6.07) is 1.32. The zero-order valence-corrected chi connectivity index (χ0v) is 12.8. The molecule has 1 unspecified atom stereocenters. The molecule has 6 nitrogen and oxygen atoms in total. The molecule has 0 bridgehead atoms. The van der Waals surface area contributed by atoms with Crippen LogP contribution >= 0.6 is 0 Å². The lowest BCUT2D eigenvalue weighted by Crippen LogP contribution is -2.45. The van der Waals surface area contributed by atoms with Crippen LogP contribution in [0.4, 0.5) is 14.9 Å². The number of ether oxygens (including phenoxy) is 2. The Balaban J connectivity index is 2.53. The van der Waals surface area contributed by atoms with Crippen LogP contribution in [0.2, 0.25) is 0 Å². The maximum absolute atomic E-state index is 14.0. The predicted molar refractivity (Wildman–Crippen MR) is 76.8 cm³/mol. The molecule has 0 spiro atoms. The third kappa shape index (κ3) is 2.84. The first-order valence-corrected chi connectivity index (χ1v) is 6.76. The van der Waals surface area contributed by atoms with Crippen LogP contribution in [-0.4, -0.2) is 35.9 Å². The second-order valence-corrected chi connectivity index (χ2v) is 5.99. The van der Waals surface area contributed by atoms with E-state index < -0.39 is 29.5 Å². The molecule has 0 aliphatic carbocycles. The SMILES string of the molecule is COc1ccc(F)c2c1N(C(=O)OC(C)(C)C)C(C(=O)O)C2. The van der Waals surface area contributed by atoms with E-state index in [-0.39, 0.29) is 23.4 Å².